The number of hydrogen-bond donors (Lipinski definition) is 0. The lowest BCUT2D eigenvalue weighted by Crippen LogP contribution is -2.38. The summed E-state index contributed by atoms with van der Waals surface area (Å²) in [6, 6.07) is 9.99. The maximum Gasteiger partial charge on any atom is 0.341 e. The summed E-state index contributed by atoms with van der Waals surface area (Å²) >= 11 is 1.65. The van der Waals surface area contributed by atoms with Gasteiger partial charge in [-0.05, 0) is 24.3 Å². The number of hydrogen-bond acceptors (Lipinski definition) is 4. The third-order valence-corrected chi connectivity index (χ3v) is 4.55. The number of amides is 1. The first-order chi connectivity index (χ1) is 11.6. The van der Waals surface area contributed by atoms with E-state index in [0.29, 0.717) is 12.6 Å². The van der Waals surface area contributed by atoms with Gasteiger partial charge in [0.15, 0.2) is 6.61 Å². The number of esters is 1. The molecule has 3 rings (SSSR count). The summed E-state index contributed by atoms with van der Waals surface area (Å²) in [5.41, 5.74) is 0.363. The van der Waals surface area contributed by atoms with Crippen molar-refractivity contribution < 1.29 is 23.1 Å². The normalized spacial score (nSPS) is 13.3. The Morgan fingerprint density at radius 1 is 1.17 bits per heavy atom. The van der Waals surface area contributed by atoms with Gasteiger partial charge < -0.3 is 9.64 Å². The third kappa shape index (κ3) is 3.41. The number of carbonyl (C=O) groups is 2. The summed E-state index contributed by atoms with van der Waals surface area (Å²) in [7, 11) is 0. The molecule has 0 unspecified atom stereocenters. The van der Waals surface area contributed by atoms with Gasteiger partial charge in [-0.3, -0.25) is 4.79 Å². The van der Waals surface area contributed by atoms with Gasteiger partial charge in [0.25, 0.3) is 5.91 Å². The molecule has 2 aromatic rings. The van der Waals surface area contributed by atoms with E-state index in [1.54, 1.807) is 16.7 Å². The average molecular weight is 349 g/mol. The number of benzene rings is 2. The van der Waals surface area contributed by atoms with Crippen LogP contribution in [0.15, 0.2) is 47.4 Å². The first-order valence-electron chi connectivity index (χ1n) is 7.20. The van der Waals surface area contributed by atoms with Crippen LogP contribution >= 0.6 is 11.8 Å². The van der Waals surface area contributed by atoms with Gasteiger partial charge in [0.1, 0.15) is 11.6 Å². The fraction of sp³-hybridized carbons (Fsp3) is 0.176. The summed E-state index contributed by atoms with van der Waals surface area (Å²) in [5.74, 6) is -2.46. The SMILES string of the molecule is O=C(OCC(=O)N1CCSc2ccccc21)c1ccc(F)cc1F. The number of fused-ring (bicyclic) bond motifs is 1. The van der Waals surface area contributed by atoms with E-state index in [1.165, 1.54) is 0 Å². The largest absolute Gasteiger partial charge is 0.452 e. The molecule has 124 valence electrons. The summed E-state index contributed by atoms with van der Waals surface area (Å²) in [4.78, 5) is 26.7. The van der Waals surface area contributed by atoms with E-state index in [2.05, 4.69) is 0 Å². The molecule has 0 aliphatic carbocycles. The van der Waals surface area contributed by atoms with Crippen LogP contribution in [0.5, 0.6) is 0 Å². The molecular formula is C17H13F2NO3S. The van der Waals surface area contributed by atoms with Crippen molar-refractivity contribution in [1.82, 2.24) is 0 Å². The van der Waals surface area contributed by atoms with E-state index in [0.717, 1.165) is 28.5 Å². The number of para-hydroxylation sites is 1. The van der Waals surface area contributed by atoms with Crippen LogP contribution in [0.4, 0.5) is 14.5 Å². The number of halogens is 2. The van der Waals surface area contributed by atoms with Crippen LogP contribution < -0.4 is 4.90 Å². The lowest BCUT2D eigenvalue weighted by molar-refractivity contribution is -0.121. The van der Waals surface area contributed by atoms with E-state index in [1.807, 2.05) is 24.3 Å². The van der Waals surface area contributed by atoms with Gasteiger partial charge >= 0.3 is 5.97 Å². The predicted octanol–water partition coefficient (Wildman–Crippen LogP) is 3.26. The zero-order chi connectivity index (χ0) is 17.1. The summed E-state index contributed by atoms with van der Waals surface area (Å²) in [5, 5.41) is 0. The van der Waals surface area contributed by atoms with Crippen molar-refractivity contribution in [2.24, 2.45) is 0 Å². The summed E-state index contributed by atoms with van der Waals surface area (Å²) in [6.07, 6.45) is 0. The molecule has 1 aliphatic rings. The number of anilines is 1. The minimum atomic E-state index is -1.02. The maximum absolute atomic E-state index is 13.5. The van der Waals surface area contributed by atoms with Crippen LogP contribution in [0.25, 0.3) is 0 Å². The van der Waals surface area contributed by atoms with Crippen LogP contribution in [0.2, 0.25) is 0 Å². The Morgan fingerprint density at radius 2 is 1.96 bits per heavy atom. The third-order valence-electron chi connectivity index (χ3n) is 3.51. The lowest BCUT2D eigenvalue weighted by Gasteiger charge is -2.28. The Bertz CT molecular complexity index is 797. The molecule has 0 atom stereocenters. The quantitative estimate of drug-likeness (QED) is 0.798. The van der Waals surface area contributed by atoms with Gasteiger partial charge in [-0.2, -0.15) is 0 Å². The van der Waals surface area contributed by atoms with Crippen molar-refractivity contribution in [3.63, 3.8) is 0 Å². The topological polar surface area (TPSA) is 46.6 Å². The Labute approximate surface area is 141 Å². The zero-order valence-electron chi connectivity index (χ0n) is 12.5. The molecule has 4 nitrogen and oxygen atoms in total. The predicted molar refractivity (Wildman–Crippen MR) is 86.2 cm³/mol. The van der Waals surface area contributed by atoms with Gasteiger partial charge in [-0.25, -0.2) is 13.6 Å². The van der Waals surface area contributed by atoms with Crippen molar-refractivity contribution in [1.29, 1.82) is 0 Å². The van der Waals surface area contributed by atoms with Gasteiger partial charge in [0.05, 0.1) is 11.3 Å². The Morgan fingerprint density at radius 3 is 2.75 bits per heavy atom. The highest BCUT2D eigenvalue weighted by Crippen LogP contribution is 2.34. The number of ether oxygens (including phenoxy) is 1. The molecule has 0 saturated carbocycles. The molecule has 0 bridgehead atoms. The highest BCUT2D eigenvalue weighted by Gasteiger charge is 2.24. The van der Waals surface area contributed by atoms with Crippen LogP contribution in [0, 0.1) is 11.6 Å². The van der Waals surface area contributed by atoms with Crippen molar-refractivity contribution in [2.45, 2.75) is 4.90 Å². The first-order valence-corrected chi connectivity index (χ1v) is 8.19. The van der Waals surface area contributed by atoms with Crippen molar-refractivity contribution in [3.05, 3.63) is 59.7 Å². The Kier molecular flexibility index (Phi) is 4.80. The highest BCUT2D eigenvalue weighted by molar-refractivity contribution is 7.99. The molecule has 0 saturated heterocycles. The molecule has 0 radical (unpaired) electrons. The highest BCUT2D eigenvalue weighted by atomic mass is 32.2. The molecule has 7 heteroatoms. The van der Waals surface area contributed by atoms with Crippen molar-refractivity contribution >= 4 is 29.3 Å². The van der Waals surface area contributed by atoms with Gasteiger partial charge in [-0.15, -0.1) is 11.8 Å². The fourth-order valence-corrected chi connectivity index (χ4v) is 3.36. The number of nitrogens with zero attached hydrogens (tertiary/aromatic N) is 1. The zero-order valence-corrected chi connectivity index (χ0v) is 13.3. The van der Waals surface area contributed by atoms with E-state index in [9.17, 15) is 18.4 Å². The molecule has 1 aliphatic heterocycles. The minimum absolute atomic E-state index is 0.390. The second-order valence-electron chi connectivity index (χ2n) is 5.06. The van der Waals surface area contributed by atoms with Crippen LogP contribution in [-0.2, 0) is 9.53 Å². The van der Waals surface area contributed by atoms with E-state index in [-0.39, 0.29) is 0 Å². The smallest absolute Gasteiger partial charge is 0.341 e. The molecule has 0 fully saturated rings. The van der Waals surface area contributed by atoms with E-state index < -0.39 is 35.7 Å². The van der Waals surface area contributed by atoms with Crippen molar-refractivity contribution in [3.8, 4) is 0 Å². The van der Waals surface area contributed by atoms with Gasteiger partial charge in [-0.1, -0.05) is 12.1 Å². The summed E-state index contributed by atoms with van der Waals surface area (Å²) in [6.45, 7) is -0.00236. The maximum atomic E-state index is 13.5. The van der Waals surface area contributed by atoms with Crippen LogP contribution in [-0.4, -0.2) is 30.8 Å². The minimum Gasteiger partial charge on any atom is -0.452 e. The van der Waals surface area contributed by atoms with E-state index >= 15 is 0 Å². The molecule has 0 spiro atoms. The summed E-state index contributed by atoms with van der Waals surface area (Å²) < 4.78 is 31.3. The molecule has 1 heterocycles. The number of carbonyl (C=O) groups excluding carboxylic acids is 2. The molecule has 0 N–H and O–H groups in total. The first kappa shape index (κ1) is 16.4. The molecule has 0 aromatic heterocycles. The Balaban J connectivity index is 1.67. The Hall–Kier alpha value is -2.41. The number of rotatable bonds is 3. The lowest BCUT2D eigenvalue weighted by atomic mass is 10.2. The fourth-order valence-electron chi connectivity index (χ4n) is 2.37. The van der Waals surface area contributed by atoms with E-state index in [4.69, 9.17) is 4.74 Å². The molecule has 2 aromatic carbocycles. The van der Waals surface area contributed by atoms with Crippen LogP contribution in [0.3, 0.4) is 0 Å². The molecule has 24 heavy (non-hydrogen) atoms. The number of thioether (sulfide) groups is 1. The van der Waals surface area contributed by atoms with Gasteiger partial charge in [0, 0.05) is 23.3 Å². The molecular weight excluding hydrogens is 336 g/mol. The second-order valence-corrected chi connectivity index (χ2v) is 6.20. The van der Waals surface area contributed by atoms with Crippen molar-refractivity contribution in [2.75, 3.05) is 23.8 Å². The standard InChI is InChI=1S/C17H13F2NO3S/c18-11-5-6-12(13(19)9-11)17(22)23-10-16(21)20-7-8-24-15-4-2-1-3-14(15)20/h1-6,9H,7-8,10H2. The second kappa shape index (κ2) is 7.00. The average Bonchev–Trinajstić information content (AvgIpc) is 2.59. The van der Waals surface area contributed by atoms with Gasteiger partial charge in [0.2, 0.25) is 0 Å². The monoisotopic (exact) mass is 349 g/mol. The van der Waals surface area contributed by atoms with Crippen LogP contribution in [0.1, 0.15) is 10.4 Å². The molecule has 1 amide bonds.